The van der Waals surface area contributed by atoms with Gasteiger partial charge in [0.25, 0.3) is 0 Å². The van der Waals surface area contributed by atoms with Gasteiger partial charge in [-0.05, 0) is 5.92 Å². The van der Waals surface area contributed by atoms with E-state index in [1.807, 2.05) is 6.08 Å². The van der Waals surface area contributed by atoms with Crippen LogP contribution in [0.4, 0.5) is 0 Å². The Morgan fingerprint density at radius 3 is 2.79 bits per heavy atom. The van der Waals surface area contributed by atoms with E-state index < -0.39 is 0 Å². The molecule has 1 unspecified atom stereocenters. The molecule has 3 nitrogen and oxygen atoms in total. The van der Waals surface area contributed by atoms with Crippen molar-refractivity contribution in [3.63, 3.8) is 0 Å². The van der Waals surface area contributed by atoms with E-state index >= 15 is 0 Å². The van der Waals surface area contributed by atoms with Crippen LogP contribution in [0.25, 0.3) is 0 Å². The van der Waals surface area contributed by atoms with Gasteiger partial charge in [-0.2, -0.15) is 0 Å². The summed E-state index contributed by atoms with van der Waals surface area (Å²) >= 11 is 0. The van der Waals surface area contributed by atoms with E-state index in [0.29, 0.717) is 17.9 Å². The molecule has 1 rings (SSSR count). The maximum Gasteiger partial charge on any atom is 0.191 e. The molecular formula is C11H21N3. The average molecular weight is 195 g/mol. The van der Waals surface area contributed by atoms with Crippen LogP contribution in [0.15, 0.2) is 17.6 Å². The number of nitrogens with two attached hydrogens (primary N) is 1. The van der Waals surface area contributed by atoms with Gasteiger partial charge in [-0.15, -0.1) is 6.58 Å². The summed E-state index contributed by atoms with van der Waals surface area (Å²) in [6.45, 7) is 9.88. The fourth-order valence-electron chi connectivity index (χ4n) is 2.15. The number of guanidine groups is 1. The monoisotopic (exact) mass is 195 g/mol. The Kier molecular flexibility index (Phi) is 3.98. The summed E-state index contributed by atoms with van der Waals surface area (Å²) in [7, 11) is 0. The molecule has 14 heavy (non-hydrogen) atoms. The van der Waals surface area contributed by atoms with Gasteiger partial charge in [-0.1, -0.05) is 32.8 Å². The molecule has 0 saturated carbocycles. The Morgan fingerprint density at radius 2 is 2.29 bits per heavy atom. The molecule has 0 spiro atoms. The SMILES string of the molecule is C=CCN1C(N)=NCC1C(CC)CC. The molecule has 1 atom stereocenters. The molecule has 3 heteroatoms. The van der Waals surface area contributed by atoms with E-state index in [1.165, 1.54) is 12.8 Å². The van der Waals surface area contributed by atoms with E-state index in [9.17, 15) is 0 Å². The second kappa shape index (κ2) is 5.03. The quantitative estimate of drug-likeness (QED) is 0.677. The number of aliphatic imine (C=N–C) groups is 1. The minimum absolute atomic E-state index is 0.489. The Balaban J connectivity index is 2.66. The van der Waals surface area contributed by atoms with Crippen LogP contribution in [-0.4, -0.2) is 30.0 Å². The Labute approximate surface area is 86.7 Å². The highest BCUT2D eigenvalue weighted by Gasteiger charge is 2.29. The first-order valence-electron chi connectivity index (χ1n) is 5.42. The van der Waals surface area contributed by atoms with Crippen LogP contribution in [0, 0.1) is 5.92 Å². The van der Waals surface area contributed by atoms with Gasteiger partial charge < -0.3 is 10.6 Å². The molecular weight excluding hydrogens is 174 g/mol. The van der Waals surface area contributed by atoms with Crippen molar-refractivity contribution in [1.29, 1.82) is 0 Å². The molecule has 1 aliphatic rings. The predicted molar refractivity (Wildman–Crippen MR) is 61.3 cm³/mol. The topological polar surface area (TPSA) is 41.6 Å². The van der Waals surface area contributed by atoms with Gasteiger partial charge in [0.05, 0.1) is 12.6 Å². The Morgan fingerprint density at radius 1 is 1.64 bits per heavy atom. The van der Waals surface area contributed by atoms with E-state index in [2.05, 4.69) is 30.3 Å². The van der Waals surface area contributed by atoms with Gasteiger partial charge in [0.1, 0.15) is 0 Å². The standard InChI is InChI=1S/C11H21N3/c1-4-7-14-10(8-13-11(14)12)9(5-2)6-3/h4,9-10H,1,5-8H2,2-3H3,(H2,12,13). The third-order valence-electron chi connectivity index (χ3n) is 3.05. The summed E-state index contributed by atoms with van der Waals surface area (Å²) < 4.78 is 0. The highest BCUT2D eigenvalue weighted by atomic mass is 15.3. The molecule has 2 N–H and O–H groups in total. The lowest BCUT2D eigenvalue weighted by Gasteiger charge is -2.30. The Bertz CT molecular complexity index is 219. The molecule has 0 aliphatic carbocycles. The van der Waals surface area contributed by atoms with Crippen LogP contribution in [0.2, 0.25) is 0 Å². The largest absolute Gasteiger partial charge is 0.370 e. The van der Waals surface area contributed by atoms with E-state index in [1.54, 1.807) is 0 Å². The van der Waals surface area contributed by atoms with Gasteiger partial charge in [0, 0.05) is 6.54 Å². The van der Waals surface area contributed by atoms with Crippen molar-refractivity contribution < 1.29 is 0 Å². The molecule has 0 aromatic carbocycles. The highest BCUT2D eigenvalue weighted by molar-refractivity contribution is 5.80. The van der Waals surface area contributed by atoms with Gasteiger partial charge in [0.15, 0.2) is 5.96 Å². The summed E-state index contributed by atoms with van der Waals surface area (Å²) in [6, 6.07) is 0.489. The van der Waals surface area contributed by atoms with Crippen LogP contribution in [-0.2, 0) is 0 Å². The minimum Gasteiger partial charge on any atom is -0.370 e. The average Bonchev–Trinajstić information content (AvgIpc) is 2.53. The predicted octanol–water partition coefficient (Wildman–Crippen LogP) is 1.61. The van der Waals surface area contributed by atoms with Crippen molar-refractivity contribution in [3.05, 3.63) is 12.7 Å². The van der Waals surface area contributed by atoms with E-state index in [-0.39, 0.29) is 0 Å². The molecule has 80 valence electrons. The summed E-state index contributed by atoms with van der Waals surface area (Å²) in [5.41, 5.74) is 5.83. The lowest BCUT2D eigenvalue weighted by atomic mass is 9.93. The molecule has 0 aromatic heterocycles. The summed E-state index contributed by atoms with van der Waals surface area (Å²) in [6.07, 6.45) is 4.28. The second-order valence-electron chi connectivity index (χ2n) is 3.78. The van der Waals surface area contributed by atoms with Crippen LogP contribution in [0.5, 0.6) is 0 Å². The molecule has 0 fully saturated rings. The third kappa shape index (κ3) is 2.08. The van der Waals surface area contributed by atoms with Gasteiger partial charge in [-0.3, -0.25) is 4.99 Å². The first-order chi connectivity index (χ1) is 6.74. The van der Waals surface area contributed by atoms with Crippen molar-refractivity contribution in [2.24, 2.45) is 16.6 Å². The fourth-order valence-corrected chi connectivity index (χ4v) is 2.15. The van der Waals surface area contributed by atoms with Crippen molar-refractivity contribution in [3.8, 4) is 0 Å². The van der Waals surface area contributed by atoms with Crippen LogP contribution < -0.4 is 5.73 Å². The van der Waals surface area contributed by atoms with Crippen molar-refractivity contribution in [2.45, 2.75) is 32.7 Å². The number of hydrogen-bond acceptors (Lipinski definition) is 3. The van der Waals surface area contributed by atoms with Gasteiger partial charge in [0.2, 0.25) is 0 Å². The van der Waals surface area contributed by atoms with Crippen LogP contribution in [0.3, 0.4) is 0 Å². The van der Waals surface area contributed by atoms with Crippen LogP contribution in [0.1, 0.15) is 26.7 Å². The highest BCUT2D eigenvalue weighted by Crippen LogP contribution is 2.22. The zero-order chi connectivity index (χ0) is 10.6. The maximum atomic E-state index is 5.83. The zero-order valence-corrected chi connectivity index (χ0v) is 9.24. The summed E-state index contributed by atoms with van der Waals surface area (Å²) in [4.78, 5) is 6.48. The summed E-state index contributed by atoms with van der Waals surface area (Å²) in [5.74, 6) is 1.38. The number of nitrogens with zero attached hydrogens (tertiary/aromatic N) is 2. The number of hydrogen-bond donors (Lipinski definition) is 1. The molecule has 0 radical (unpaired) electrons. The molecule has 0 aromatic rings. The van der Waals surface area contributed by atoms with Crippen LogP contribution >= 0.6 is 0 Å². The summed E-state index contributed by atoms with van der Waals surface area (Å²) in [5, 5.41) is 0. The van der Waals surface area contributed by atoms with Gasteiger partial charge in [-0.25, -0.2) is 0 Å². The number of rotatable bonds is 5. The molecule has 0 amide bonds. The fraction of sp³-hybridized carbons (Fsp3) is 0.727. The lowest BCUT2D eigenvalue weighted by Crippen LogP contribution is -2.44. The zero-order valence-electron chi connectivity index (χ0n) is 9.24. The van der Waals surface area contributed by atoms with Crippen molar-refractivity contribution in [1.82, 2.24) is 4.90 Å². The van der Waals surface area contributed by atoms with Gasteiger partial charge >= 0.3 is 0 Å². The molecule has 1 heterocycles. The lowest BCUT2D eigenvalue weighted by molar-refractivity contribution is 0.253. The van der Waals surface area contributed by atoms with E-state index in [4.69, 9.17) is 5.73 Å². The van der Waals surface area contributed by atoms with Crippen molar-refractivity contribution in [2.75, 3.05) is 13.1 Å². The normalized spacial score (nSPS) is 21.5. The molecule has 1 aliphatic heterocycles. The Hall–Kier alpha value is -0.990. The molecule has 0 bridgehead atoms. The minimum atomic E-state index is 0.489. The third-order valence-corrected chi connectivity index (χ3v) is 3.05. The second-order valence-corrected chi connectivity index (χ2v) is 3.78. The van der Waals surface area contributed by atoms with Crippen molar-refractivity contribution >= 4 is 5.96 Å². The maximum absolute atomic E-state index is 5.83. The smallest absolute Gasteiger partial charge is 0.191 e. The van der Waals surface area contributed by atoms with E-state index in [0.717, 1.165) is 13.1 Å². The first kappa shape index (κ1) is 11.1. The first-order valence-corrected chi connectivity index (χ1v) is 5.42. The molecule has 0 saturated heterocycles.